The quantitative estimate of drug-likeness (QED) is 0.453. The molecule has 0 fully saturated rings. The number of sulfone groups is 1. The van der Waals surface area contributed by atoms with Crippen LogP contribution >= 0.6 is 11.6 Å². The molecular weight excluding hydrogens is 446 g/mol. The first-order valence-corrected chi connectivity index (χ1v) is 11.0. The van der Waals surface area contributed by atoms with E-state index in [1.165, 1.54) is 35.0 Å². The van der Waals surface area contributed by atoms with E-state index < -0.39 is 27.4 Å². The molecule has 1 aromatic heterocycles. The Morgan fingerprint density at radius 2 is 1.71 bits per heavy atom. The van der Waals surface area contributed by atoms with Crippen molar-refractivity contribution in [1.29, 1.82) is 0 Å². The summed E-state index contributed by atoms with van der Waals surface area (Å²) < 4.78 is 55.0. The number of rotatable bonds is 5. The van der Waals surface area contributed by atoms with Crippen LogP contribution in [-0.2, 0) is 21.2 Å². The summed E-state index contributed by atoms with van der Waals surface area (Å²) in [6, 6.07) is 15.2. The molecule has 0 unspecified atom stereocenters. The fourth-order valence-corrected chi connectivity index (χ4v) is 4.84. The molecule has 0 bridgehead atoms. The second-order valence-electron chi connectivity index (χ2n) is 6.77. The van der Waals surface area contributed by atoms with Crippen LogP contribution in [0.3, 0.4) is 0 Å². The predicted molar refractivity (Wildman–Crippen MR) is 114 cm³/mol. The first-order valence-electron chi connectivity index (χ1n) is 9.09. The predicted octanol–water partition coefficient (Wildman–Crippen LogP) is 5.04. The molecule has 1 amide bonds. The van der Waals surface area contributed by atoms with Crippen LogP contribution in [0.5, 0.6) is 0 Å². The number of carbonyl (C=O) groups is 1. The molecule has 1 heterocycles. The largest absolute Gasteiger partial charge is 0.337 e. The van der Waals surface area contributed by atoms with E-state index in [1.54, 1.807) is 24.3 Å². The summed E-state index contributed by atoms with van der Waals surface area (Å²) in [5.74, 6) is -2.11. The maximum absolute atomic E-state index is 13.8. The second kappa shape index (κ2) is 8.13. The van der Waals surface area contributed by atoms with Gasteiger partial charge in [0.1, 0.15) is 18.2 Å². The van der Waals surface area contributed by atoms with Crippen LogP contribution in [0.2, 0.25) is 5.02 Å². The summed E-state index contributed by atoms with van der Waals surface area (Å²) in [5.41, 5.74) is 0.209. The minimum atomic E-state index is -3.89. The smallest absolute Gasteiger partial charge is 0.244 e. The van der Waals surface area contributed by atoms with E-state index in [0.717, 1.165) is 18.2 Å². The number of anilines is 1. The highest BCUT2D eigenvalue weighted by Crippen LogP contribution is 2.31. The molecule has 3 aromatic carbocycles. The van der Waals surface area contributed by atoms with E-state index in [-0.39, 0.29) is 22.0 Å². The standard InChI is InChI=1S/C22H15ClF2N2O3S/c23-14-5-8-16(9-6-14)31(29,30)21-12-27(20-4-2-1-3-17(20)21)13-22(28)26-19-11-15(24)7-10-18(19)25/h1-12H,13H2,(H,26,28). The summed E-state index contributed by atoms with van der Waals surface area (Å²) >= 11 is 5.86. The molecule has 4 aromatic rings. The molecule has 1 N–H and O–H groups in total. The van der Waals surface area contributed by atoms with Crippen LogP contribution < -0.4 is 5.32 Å². The summed E-state index contributed by atoms with van der Waals surface area (Å²) in [7, 11) is -3.89. The van der Waals surface area contributed by atoms with Crippen LogP contribution in [0.1, 0.15) is 0 Å². The van der Waals surface area contributed by atoms with Gasteiger partial charge in [-0.1, -0.05) is 29.8 Å². The summed E-state index contributed by atoms with van der Waals surface area (Å²) in [6.45, 7) is -0.299. The Labute approximate surface area is 181 Å². The SMILES string of the molecule is O=C(Cn1cc(S(=O)(=O)c2ccc(Cl)cc2)c2ccccc21)Nc1cc(F)ccc1F. The van der Waals surface area contributed by atoms with E-state index in [1.807, 2.05) is 0 Å². The van der Waals surface area contributed by atoms with Crippen molar-refractivity contribution in [1.82, 2.24) is 4.57 Å². The minimum Gasteiger partial charge on any atom is -0.337 e. The van der Waals surface area contributed by atoms with E-state index in [0.29, 0.717) is 15.9 Å². The maximum Gasteiger partial charge on any atom is 0.244 e. The molecule has 0 aliphatic rings. The third-order valence-electron chi connectivity index (χ3n) is 4.68. The monoisotopic (exact) mass is 460 g/mol. The molecule has 0 aliphatic carbocycles. The van der Waals surface area contributed by atoms with Crippen molar-refractivity contribution in [2.75, 3.05) is 5.32 Å². The molecule has 5 nitrogen and oxygen atoms in total. The maximum atomic E-state index is 13.8. The molecule has 4 rings (SSSR count). The highest BCUT2D eigenvalue weighted by atomic mass is 35.5. The Morgan fingerprint density at radius 1 is 1.00 bits per heavy atom. The van der Waals surface area contributed by atoms with Gasteiger partial charge in [0.25, 0.3) is 0 Å². The average Bonchev–Trinajstić information content (AvgIpc) is 3.10. The number of halogens is 3. The molecular formula is C22H15ClF2N2O3S. The number of aromatic nitrogens is 1. The Bertz CT molecular complexity index is 1400. The van der Waals surface area contributed by atoms with Crippen LogP contribution in [0, 0.1) is 11.6 Å². The van der Waals surface area contributed by atoms with Crippen molar-refractivity contribution < 1.29 is 22.0 Å². The van der Waals surface area contributed by atoms with Gasteiger partial charge in [-0.25, -0.2) is 17.2 Å². The van der Waals surface area contributed by atoms with Gasteiger partial charge in [0, 0.05) is 28.2 Å². The minimum absolute atomic E-state index is 0.0233. The Kier molecular flexibility index (Phi) is 5.51. The molecule has 158 valence electrons. The van der Waals surface area contributed by atoms with Crippen molar-refractivity contribution in [3.05, 3.63) is 89.6 Å². The topological polar surface area (TPSA) is 68.2 Å². The molecule has 0 saturated carbocycles. The van der Waals surface area contributed by atoms with Crippen molar-refractivity contribution >= 4 is 43.9 Å². The van der Waals surface area contributed by atoms with E-state index in [4.69, 9.17) is 11.6 Å². The number of nitrogens with one attached hydrogen (secondary N) is 1. The van der Waals surface area contributed by atoms with Crippen LogP contribution in [-0.4, -0.2) is 18.9 Å². The average molecular weight is 461 g/mol. The van der Waals surface area contributed by atoms with Gasteiger partial charge in [0.05, 0.1) is 15.5 Å². The molecule has 31 heavy (non-hydrogen) atoms. The second-order valence-corrected chi connectivity index (χ2v) is 9.12. The number of benzene rings is 3. The number of hydrogen-bond donors (Lipinski definition) is 1. The van der Waals surface area contributed by atoms with Crippen molar-refractivity contribution in [2.24, 2.45) is 0 Å². The number of para-hydroxylation sites is 1. The van der Waals surface area contributed by atoms with Crippen LogP contribution in [0.25, 0.3) is 10.9 Å². The van der Waals surface area contributed by atoms with Gasteiger partial charge in [-0.2, -0.15) is 0 Å². The third kappa shape index (κ3) is 4.17. The Hall–Kier alpha value is -3.23. The highest BCUT2D eigenvalue weighted by molar-refractivity contribution is 7.91. The fourth-order valence-electron chi connectivity index (χ4n) is 3.24. The molecule has 0 saturated heterocycles. The Balaban J connectivity index is 1.71. The lowest BCUT2D eigenvalue weighted by Crippen LogP contribution is -2.19. The lowest BCUT2D eigenvalue weighted by Gasteiger charge is -2.08. The first-order chi connectivity index (χ1) is 14.8. The normalized spacial score (nSPS) is 11.6. The first kappa shape index (κ1) is 21.0. The number of amides is 1. The zero-order valence-electron chi connectivity index (χ0n) is 15.8. The van der Waals surface area contributed by atoms with E-state index in [9.17, 15) is 22.0 Å². The van der Waals surface area contributed by atoms with Gasteiger partial charge < -0.3 is 9.88 Å². The highest BCUT2D eigenvalue weighted by Gasteiger charge is 2.24. The molecule has 0 radical (unpaired) electrons. The fraction of sp³-hybridized carbons (Fsp3) is 0.0455. The zero-order chi connectivity index (χ0) is 22.2. The zero-order valence-corrected chi connectivity index (χ0v) is 17.4. The number of fused-ring (bicyclic) bond motifs is 1. The van der Waals surface area contributed by atoms with Gasteiger partial charge in [-0.05, 0) is 42.5 Å². The van der Waals surface area contributed by atoms with Gasteiger partial charge >= 0.3 is 0 Å². The van der Waals surface area contributed by atoms with Gasteiger partial charge in [0.2, 0.25) is 15.7 Å². The summed E-state index contributed by atoms with van der Waals surface area (Å²) in [5, 5.41) is 3.15. The van der Waals surface area contributed by atoms with Crippen LogP contribution in [0.15, 0.2) is 82.7 Å². The Morgan fingerprint density at radius 3 is 2.45 bits per heavy atom. The van der Waals surface area contributed by atoms with Gasteiger partial charge in [-0.3, -0.25) is 4.79 Å². The van der Waals surface area contributed by atoms with Crippen LogP contribution in [0.4, 0.5) is 14.5 Å². The number of carbonyl (C=O) groups excluding carboxylic acids is 1. The van der Waals surface area contributed by atoms with E-state index >= 15 is 0 Å². The molecule has 0 spiro atoms. The van der Waals surface area contributed by atoms with Crippen molar-refractivity contribution in [3.63, 3.8) is 0 Å². The molecule has 0 aliphatic heterocycles. The third-order valence-corrected chi connectivity index (χ3v) is 6.73. The van der Waals surface area contributed by atoms with Crippen molar-refractivity contribution in [3.8, 4) is 0 Å². The summed E-state index contributed by atoms with van der Waals surface area (Å²) in [4.78, 5) is 12.6. The van der Waals surface area contributed by atoms with Gasteiger partial charge in [0.15, 0.2) is 0 Å². The number of nitrogens with zero attached hydrogens (tertiary/aromatic N) is 1. The molecule has 9 heteroatoms. The summed E-state index contributed by atoms with van der Waals surface area (Å²) in [6.07, 6.45) is 1.36. The molecule has 0 atom stereocenters. The lowest BCUT2D eigenvalue weighted by molar-refractivity contribution is -0.116. The van der Waals surface area contributed by atoms with E-state index in [2.05, 4.69) is 5.32 Å². The van der Waals surface area contributed by atoms with Gasteiger partial charge in [-0.15, -0.1) is 0 Å². The number of hydrogen-bond acceptors (Lipinski definition) is 3. The van der Waals surface area contributed by atoms with Crippen molar-refractivity contribution in [2.45, 2.75) is 16.3 Å². The lowest BCUT2D eigenvalue weighted by atomic mass is 10.2.